The van der Waals surface area contributed by atoms with E-state index in [9.17, 15) is 0 Å². The fourth-order valence-corrected chi connectivity index (χ4v) is 1.28. The second kappa shape index (κ2) is 4.83. The van der Waals surface area contributed by atoms with E-state index >= 15 is 0 Å². The van der Waals surface area contributed by atoms with Crippen LogP contribution < -0.4 is 4.90 Å². The van der Waals surface area contributed by atoms with Crippen LogP contribution in [-0.4, -0.2) is 18.6 Å². The molecule has 0 aliphatic rings. The first kappa shape index (κ1) is 10.0. The highest BCUT2D eigenvalue weighted by atomic mass is 79.9. The third-order valence-electron chi connectivity index (χ3n) is 1.65. The van der Waals surface area contributed by atoms with Gasteiger partial charge in [-0.3, -0.25) is 0 Å². The van der Waals surface area contributed by atoms with Gasteiger partial charge in [-0.15, -0.1) is 0 Å². The zero-order valence-electron chi connectivity index (χ0n) is 7.37. The predicted octanol–water partition coefficient (Wildman–Crippen LogP) is 2.19. The maximum Gasteiger partial charge on any atom is 0.129 e. The first-order valence-electron chi connectivity index (χ1n) is 3.94. The van der Waals surface area contributed by atoms with Gasteiger partial charge in [0.05, 0.1) is 12.5 Å². The lowest BCUT2D eigenvalue weighted by Crippen LogP contribution is -2.19. The van der Waals surface area contributed by atoms with Gasteiger partial charge in [-0.1, -0.05) is 6.07 Å². The SMILES string of the molecule is CN(CCC#N)c1cccc(Br)n1. The monoisotopic (exact) mass is 239 g/mol. The normalized spacial score (nSPS) is 9.31. The van der Waals surface area contributed by atoms with Crippen LogP contribution in [0.1, 0.15) is 6.42 Å². The largest absolute Gasteiger partial charge is 0.359 e. The average Bonchev–Trinajstić information content (AvgIpc) is 2.14. The summed E-state index contributed by atoms with van der Waals surface area (Å²) in [4.78, 5) is 6.21. The Morgan fingerprint density at radius 3 is 3.00 bits per heavy atom. The van der Waals surface area contributed by atoms with Gasteiger partial charge in [-0.2, -0.15) is 5.26 Å². The summed E-state index contributed by atoms with van der Waals surface area (Å²) >= 11 is 3.30. The summed E-state index contributed by atoms with van der Waals surface area (Å²) in [6.07, 6.45) is 0.519. The van der Waals surface area contributed by atoms with Crippen molar-refractivity contribution in [2.75, 3.05) is 18.5 Å². The van der Waals surface area contributed by atoms with E-state index in [0.29, 0.717) is 13.0 Å². The van der Waals surface area contributed by atoms with Crippen molar-refractivity contribution < 1.29 is 0 Å². The zero-order valence-corrected chi connectivity index (χ0v) is 8.95. The molecule has 0 fully saturated rings. The number of pyridine rings is 1. The van der Waals surface area contributed by atoms with E-state index in [1.807, 2.05) is 30.1 Å². The maximum atomic E-state index is 8.41. The average molecular weight is 240 g/mol. The van der Waals surface area contributed by atoms with E-state index in [1.54, 1.807) is 0 Å². The molecule has 68 valence electrons. The minimum atomic E-state index is 0.519. The lowest BCUT2D eigenvalue weighted by atomic mass is 10.4. The second-order valence-electron chi connectivity index (χ2n) is 2.65. The summed E-state index contributed by atoms with van der Waals surface area (Å²) in [7, 11) is 1.92. The second-order valence-corrected chi connectivity index (χ2v) is 3.46. The first-order valence-corrected chi connectivity index (χ1v) is 4.74. The summed E-state index contributed by atoms with van der Waals surface area (Å²) in [5, 5.41) is 8.41. The fourth-order valence-electron chi connectivity index (χ4n) is 0.942. The highest BCUT2D eigenvalue weighted by Crippen LogP contribution is 2.13. The summed E-state index contributed by atoms with van der Waals surface area (Å²) in [5.41, 5.74) is 0. The molecule has 4 heteroatoms. The standard InChI is InChI=1S/C9H10BrN3/c1-13(7-3-6-11)9-5-2-4-8(10)12-9/h2,4-5H,3,7H2,1H3. The number of anilines is 1. The molecule has 3 nitrogen and oxygen atoms in total. The van der Waals surface area contributed by atoms with Gasteiger partial charge in [-0.05, 0) is 28.1 Å². The van der Waals surface area contributed by atoms with Crippen molar-refractivity contribution >= 4 is 21.7 Å². The van der Waals surface area contributed by atoms with Crippen molar-refractivity contribution in [1.29, 1.82) is 5.26 Å². The van der Waals surface area contributed by atoms with Crippen LogP contribution in [0.2, 0.25) is 0 Å². The Bertz CT molecular complexity index is 319. The number of hydrogen-bond donors (Lipinski definition) is 0. The maximum absolute atomic E-state index is 8.41. The molecule has 0 N–H and O–H groups in total. The van der Waals surface area contributed by atoms with Crippen LogP contribution in [0.4, 0.5) is 5.82 Å². The van der Waals surface area contributed by atoms with Crippen molar-refractivity contribution in [1.82, 2.24) is 4.98 Å². The molecule has 0 bridgehead atoms. The van der Waals surface area contributed by atoms with E-state index in [1.165, 1.54) is 0 Å². The molecule has 0 aromatic carbocycles. The Hall–Kier alpha value is -1.08. The predicted molar refractivity (Wildman–Crippen MR) is 55.4 cm³/mol. The van der Waals surface area contributed by atoms with Gasteiger partial charge >= 0.3 is 0 Å². The highest BCUT2D eigenvalue weighted by molar-refractivity contribution is 9.10. The Morgan fingerprint density at radius 2 is 2.38 bits per heavy atom. The molecule has 0 atom stereocenters. The van der Waals surface area contributed by atoms with Crippen molar-refractivity contribution in [3.63, 3.8) is 0 Å². The third kappa shape index (κ3) is 3.03. The molecule has 1 heterocycles. The Labute approximate surface area is 86.1 Å². The van der Waals surface area contributed by atoms with E-state index in [-0.39, 0.29) is 0 Å². The van der Waals surface area contributed by atoms with Crippen molar-refractivity contribution in [2.24, 2.45) is 0 Å². The molecule has 0 amide bonds. The molecule has 1 aromatic rings. The van der Waals surface area contributed by atoms with Crippen LogP contribution in [0.3, 0.4) is 0 Å². The van der Waals surface area contributed by atoms with Crippen molar-refractivity contribution in [3.8, 4) is 6.07 Å². The van der Waals surface area contributed by atoms with Gasteiger partial charge in [0.15, 0.2) is 0 Å². The topological polar surface area (TPSA) is 39.9 Å². The fraction of sp³-hybridized carbons (Fsp3) is 0.333. The number of aromatic nitrogens is 1. The van der Waals surface area contributed by atoms with Gasteiger partial charge in [0.2, 0.25) is 0 Å². The van der Waals surface area contributed by atoms with Gasteiger partial charge in [-0.25, -0.2) is 4.98 Å². The van der Waals surface area contributed by atoms with E-state index < -0.39 is 0 Å². The molecule has 0 radical (unpaired) electrons. The minimum Gasteiger partial charge on any atom is -0.359 e. The number of halogens is 1. The van der Waals surface area contributed by atoms with Crippen LogP contribution in [0, 0.1) is 11.3 Å². The van der Waals surface area contributed by atoms with E-state index in [4.69, 9.17) is 5.26 Å². The molecular formula is C9H10BrN3. The molecule has 0 aliphatic heterocycles. The van der Waals surface area contributed by atoms with Crippen LogP contribution in [0.15, 0.2) is 22.8 Å². The van der Waals surface area contributed by atoms with E-state index in [2.05, 4.69) is 27.0 Å². The van der Waals surface area contributed by atoms with Gasteiger partial charge in [0.25, 0.3) is 0 Å². The smallest absolute Gasteiger partial charge is 0.129 e. The number of nitrogens with zero attached hydrogens (tertiary/aromatic N) is 3. The van der Waals surface area contributed by atoms with Gasteiger partial charge < -0.3 is 4.90 Å². The van der Waals surface area contributed by atoms with Crippen molar-refractivity contribution in [3.05, 3.63) is 22.8 Å². The van der Waals surface area contributed by atoms with Gasteiger partial charge in [0.1, 0.15) is 10.4 Å². The lowest BCUT2D eigenvalue weighted by molar-refractivity contribution is 0.882. The van der Waals surface area contributed by atoms with Crippen LogP contribution in [0.25, 0.3) is 0 Å². The summed E-state index contributed by atoms with van der Waals surface area (Å²) < 4.78 is 0.814. The number of nitriles is 1. The Kier molecular flexibility index (Phi) is 3.71. The van der Waals surface area contributed by atoms with Crippen molar-refractivity contribution in [2.45, 2.75) is 6.42 Å². The molecule has 13 heavy (non-hydrogen) atoms. The van der Waals surface area contributed by atoms with E-state index in [0.717, 1.165) is 10.4 Å². The van der Waals surface area contributed by atoms with Crippen LogP contribution in [0.5, 0.6) is 0 Å². The third-order valence-corrected chi connectivity index (χ3v) is 2.09. The highest BCUT2D eigenvalue weighted by Gasteiger charge is 2.01. The first-order chi connectivity index (χ1) is 6.24. The molecule has 0 aliphatic carbocycles. The molecular weight excluding hydrogens is 230 g/mol. The van der Waals surface area contributed by atoms with Gasteiger partial charge in [0, 0.05) is 13.6 Å². The zero-order chi connectivity index (χ0) is 9.68. The summed E-state index contributed by atoms with van der Waals surface area (Å²) in [5.74, 6) is 0.879. The number of rotatable bonds is 3. The molecule has 1 aromatic heterocycles. The summed E-state index contributed by atoms with van der Waals surface area (Å²) in [6.45, 7) is 0.708. The quantitative estimate of drug-likeness (QED) is 0.760. The minimum absolute atomic E-state index is 0.519. The lowest BCUT2D eigenvalue weighted by Gasteiger charge is -2.15. The molecule has 0 spiro atoms. The number of hydrogen-bond acceptors (Lipinski definition) is 3. The molecule has 1 rings (SSSR count). The Balaban J connectivity index is 2.66. The molecule has 0 unspecified atom stereocenters. The van der Waals surface area contributed by atoms with Crippen LogP contribution >= 0.6 is 15.9 Å². The Morgan fingerprint density at radius 1 is 1.62 bits per heavy atom. The summed E-state index contributed by atoms with van der Waals surface area (Å²) in [6, 6.07) is 7.82. The molecule has 0 saturated heterocycles. The molecule has 0 saturated carbocycles. The van der Waals surface area contributed by atoms with Crippen LogP contribution in [-0.2, 0) is 0 Å².